The molecule has 1 saturated carbocycles. The van der Waals surface area contributed by atoms with E-state index in [0.29, 0.717) is 6.04 Å². The second kappa shape index (κ2) is 4.20. The van der Waals surface area contributed by atoms with Gasteiger partial charge in [-0.2, -0.15) is 0 Å². The van der Waals surface area contributed by atoms with Crippen molar-refractivity contribution in [2.45, 2.75) is 45.1 Å². The van der Waals surface area contributed by atoms with Crippen LogP contribution in [0.2, 0.25) is 0 Å². The Kier molecular flexibility index (Phi) is 2.94. The van der Waals surface area contributed by atoms with Gasteiger partial charge in [0.05, 0.1) is 6.04 Å². The van der Waals surface area contributed by atoms with E-state index < -0.39 is 0 Å². The topological polar surface area (TPSA) is 41.6 Å². The first-order valence-electron chi connectivity index (χ1n) is 5.84. The summed E-state index contributed by atoms with van der Waals surface area (Å²) >= 11 is 0. The Hall–Kier alpha value is -0.730. The lowest BCUT2D eigenvalue weighted by molar-refractivity contribution is 0.481. The lowest BCUT2D eigenvalue weighted by atomic mass is 10.2. The number of hydrogen-bond acceptors (Lipinski definition) is 1. The molecule has 1 aliphatic heterocycles. The van der Waals surface area contributed by atoms with E-state index in [1.165, 1.54) is 32.1 Å². The predicted molar refractivity (Wildman–Crippen MR) is 59.2 cm³/mol. The van der Waals surface area contributed by atoms with Gasteiger partial charge in [0, 0.05) is 13.1 Å². The van der Waals surface area contributed by atoms with E-state index >= 15 is 0 Å². The summed E-state index contributed by atoms with van der Waals surface area (Å²) in [5.74, 6) is 1.58. The molecule has 2 fully saturated rings. The smallest absolute Gasteiger partial charge is 0.191 e. The number of rotatable bonds is 1. The van der Waals surface area contributed by atoms with Crippen molar-refractivity contribution in [3.8, 4) is 0 Å². The van der Waals surface area contributed by atoms with Crippen LogP contribution >= 0.6 is 0 Å². The Labute approximate surface area is 86.4 Å². The number of aliphatic imine (C=N–C) groups is 1. The van der Waals surface area contributed by atoms with Gasteiger partial charge in [-0.15, -0.1) is 0 Å². The van der Waals surface area contributed by atoms with Gasteiger partial charge in [-0.1, -0.05) is 19.8 Å². The van der Waals surface area contributed by atoms with Crippen molar-refractivity contribution in [3.63, 3.8) is 0 Å². The molecule has 0 amide bonds. The van der Waals surface area contributed by atoms with E-state index in [4.69, 9.17) is 5.73 Å². The fourth-order valence-electron chi connectivity index (χ4n) is 2.45. The van der Waals surface area contributed by atoms with Crippen molar-refractivity contribution in [1.29, 1.82) is 0 Å². The van der Waals surface area contributed by atoms with E-state index in [1.807, 2.05) is 0 Å². The van der Waals surface area contributed by atoms with Crippen LogP contribution in [0.25, 0.3) is 0 Å². The first-order chi connectivity index (χ1) is 6.75. The van der Waals surface area contributed by atoms with Crippen LogP contribution in [0.1, 0.15) is 39.0 Å². The maximum atomic E-state index is 6.00. The minimum absolute atomic E-state index is 0.519. The minimum Gasteiger partial charge on any atom is -0.370 e. The molecule has 0 aromatic heterocycles. The number of nitrogens with zero attached hydrogens (tertiary/aromatic N) is 2. The van der Waals surface area contributed by atoms with Crippen LogP contribution in [0.15, 0.2) is 4.99 Å². The molecular formula is C11H21N3. The fourth-order valence-corrected chi connectivity index (χ4v) is 2.45. The van der Waals surface area contributed by atoms with Crippen LogP contribution in [0.4, 0.5) is 0 Å². The monoisotopic (exact) mass is 195 g/mol. The molecule has 1 unspecified atom stereocenters. The summed E-state index contributed by atoms with van der Waals surface area (Å²) in [5.41, 5.74) is 6.00. The van der Waals surface area contributed by atoms with Gasteiger partial charge in [-0.05, 0) is 25.2 Å². The molecule has 1 aliphatic carbocycles. The normalized spacial score (nSPS) is 30.2. The first kappa shape index (κ1) is 9.81. The van der Waals surface area contributed by atoms with E-state index in [1.54, 1.807) is 0 Å². The van der Waals surface area contributed by atoms with Crippen molar-refractivity contribution in [3.05, 3.63) is 0 Å². The summed E-state index contributed by atoms with van der Waals surface area (Å²) in [5, 5.41) is 0. The summed E-state index contributed by atoms with van der Waals surface area (Å²) in [6.45, 7) is 4.48. The molecule has 3 nitrogen and oxygen atoms in total. The number of guanidine groups is 1. The third-order valence-corrected chi connectivity index (χ3v) is 3.39. The first-order valence-corrected chi connectivity index (χ1v) is 5.84. The van der Waals surface area contributed by atoms with Gasteiger partial charge in [0.1, 0.15) is 0 Å². The zero-order valence-electron chi connectivity index (χ0n) is 9.08. The summed E-state index contributed by atoms with van der Waals surface area (Å²) in [6, 6.07) is 0.519. The average molecular weight is 195 g/mol. The van der Waals surface area contributed by atoms with E-state index in [0.717, 1.165) is 25.0 Å². The maximum absolute atomic E-state index is 6.00. The third-order valence-electron chi connectivity index (χ3n) is 3.39. The molecule has 0 radical (unpaired) electrons. The lowest BCUT2D eigenvalue weighted by Crippen LogP contribution is -2.36. The van der Waals surface area contributed by atoms with Gasteiger partial charge >= 0.3 is 0 Å². The van der Waals surface area contributed by atoms with Gasteiger partial charge in [0.15, 0.2) is 5.96 Å². The molecule has 2 rings (SSSR count). The molecule has 3 heteroatoms. The Morgan fingerprint density at radius 3 is 2.57 bits per heavy atom. The molecule has 14 heavy (non-hydrogen) atoms. The van der Waals surface area contributed by atoms with Crippen LogP contribution in [0, 0.1) is 5.92 Å². The number of nitrogens with two attached hydrogens (primary N) is 1. The van der Waals surface area contributed by atoms with Gasteiger partial charge in [0.2, 0.25) is 0 Å². The minimum atomic E-state index is 0.519. The number of hydrogen-bond donors (Lipinski definition) is 1. The zero-order chi connectivity index (χ0) is 9.97. The predicted octanol–water partition coefficient (Wildman–Crippen LogP) is 1.59. The van der Waals surface area contributed by atoms with Crippen molar-refractivity contribution in [2.75, 3.05) is 13.1 Å². The van der Waals surface area contributed by atoms with Gasteiger partial charge < -0.3 is 10.6 Å². The van der Waals surface area contributed by atoms with E-state index in [-0.39, 0.29) is 0 Å². The molecule has 0 spiro atoms. The van der Waals surface area contributed by atoms with Crippen LogP contribution in [-0.4, -0.2) is 30.0 Å². The molecule has 1 saturated heterocycles. The quantitative estimate of drug-likeness (QED) is 0.510. The molecular weight excluding hydrogens is 174 g/mol. The molecule has 0 aromatic rings. The van der Waals surface area contributed by atoms with E-state index in [9.17, 15) is 0 Å². The standard InChI is InChI=1S/C11H21N3/c1-9-6-7-14(8-9)11(12)13-10-4-2-3-5-10/h9-10H,2-8H2,1H3,(H2,12,13). The summed E-state index contributed by atoms with van der Waals surface area (Å²) in [7, 11) is 0. The van der Waals surface area contributed by atoms with Gasteiger partial charge in [-0.3, -0.25) is 0 Å². The van der Waals surface area contributed by atoms with E-state index in [2.05, 4.69) is 16.8 Å². The SMILES string of the molecule is CC1CCN(C(N)=NC2CCCC2)C1. The third kappa shape index (κ3) is 2.20. The van der Waals surface area contributed by atoms with Crippen molar-refractivity contribution < 1.29 is 0 Å². The molecule has 0 aromatic carbocycles. The molecule has 80 valence electrons. The maximum Gasteiger partial charge on any atom is 0.191 e. The lowest BCUT2D eigenvalue weighted by Gasteiger charge is -2.18. The fraction of sp³-hybridized carbons (Fsp3) is 0.909. The highest BCUT2D eigenvalue weighted by atomic mass is 15.3. The molecule has 2 N–H and O–H groups in total. The second-order valence-corrected chi connectivity index (χ2v) is 4.77. The Morgan fingerprint density at radius 2 is 2.00 bits per heavy atom. The number of likely N-dealkylation sites (tertiary alicyclic amines) is 1. The van der Waals surface area contributed by atoms with Crippen LogP contribution in [0.5, 0.6) is 0 Å². The molecule has 1 heterocycles. The highest BCUT2D eigenvalue weighted by Gasteiger charge is 2.21. The second-order valence-electron chi connectivity index (χ2n) is 4.77. The highest BCUT2D eigenvalue weighted by Crippen LogP contribution is 2.22. The van der Waals surface area contributed by atoms with Gasteiger partial charge in [0.25, 0.3) is 0 Å². The largest absolute Gasteiger partial charge is 0.370 e. The highest BCUT2D eigenvalue weighted by molar-refractivity contribution is 5.78. The molecule has 0 bridgehead atoms. The summed E-state index contributed by atoms with van der Waals surface area (Å²) < 4.78 is 0. The van der Waals surface area contributed by atoms with Crippen LogP contribution in [0.3, 0.4) is 0 Å². The van der Waals surface area contributed by atoms with Crippen molar-refractivity contribution in [2.24, 2.45) is 16.6 Å². The Morgan fingerprint density at radius 1 is 1.29 bits per heavy atom. The Bertz CT molecular complexity index is 219. The summed E-state index contributed by atoms with van der Waals surface area (Å²) in [4.78, 5) is 6.85. The molecule has 2 aliphatic rings. The van der Waals surface area contributed by atoms with Gasteiger partial charge in [-0.25, -0.2) is 4.99 Å². The molecule has 1 atom stereocenters. The Balaban J connectivity index is 1.89. The van der Waals surface area contributed by atoms with Crippen LogP contribution < -0.4 is 5.73 Å². The van der Waals surface area contributed by atoms with Crippen molar-refractivity contribution in [1.82, 2.24) is 4.90 Å². The zero-order valence-corrected chi connectivity index (χ0v) is 9.08. The average Bonchev–Trinajstić information content (AvgIpc) is 2.75. The van der Waals surface area contributed by atoms with Crippen LogP contribution in [-0.2, 0) is 0 Å². The van der Waals surface area contributed by atoms with Crippen molar-refractivity contribution >= 4 is 5.96 Å². The summed E-state index contributed by atoms with van der Waals surface area (Å²) in [6.07, 6.45) is 6.41.